The van der Waals surface area contributed by atoms with E-state index in [1.54, 1.807) is 0 Å². The van der Waals surface area contributed by atoms with Crippen LogP contribution in [0.3, 0.4) is 0 Å². The van der Waals surface area contributed by atoms with Crippen LogP contribution in [0.4, 0.5) is 13.2 Å². The van der Waals surface area contributed by atoms with Crippen molar-refractivity contribution in [3.8, 4) is 5.75 Å². The van der Waals surface area contributed by atoms with Gasteiger partial charge in [0.1, 0.15) is 5.75 Å². The first-order valence-electron chi connectivity index (χ1n) is 6.11. The van der Waals surface area contributed by atoms with Crippen LogP contribution in [-0.2, 0) is 16.1 Å². The number of hydrogen-bond donors (Lipinski definition) is 2. The number of carboxylic acids is 1. The van der Waals surface area contributed by atoms with Crippen molar-refractivity contribution in [3.63, 3.8) is 0 Å². The maximum Gasteiger partial charge on any atom is 0.573 e. The van der Waals surface area contributed by atoms with Gasteiger partial charge in [0, 0.05) is 6.54 Å². The second-order valence-electron chi connectivity index (χ2n) is 4.70. The predicted octanol–water partition coefficient (Wildman–Crippen LogP) is 1.92. The molecular formula is C13H12F3NO4. The summed E-state index contributed by atoms with van der Waals surface area (Å²) in [7, 11) is 0. The number of aliphatic carboxylic acids is 1. The zero-order chi connectivity index (χ0) is 15.6. The second kappa shape index (κ2) is 5.63. The van der Waals surface area contributed by atoms with Crippen molar-refractivity contribution in [3.05, 3.63) is 29.8 Å². The third-order valence-electron chi connectivity index (χ3n) is 3.04. The lowest BCUT2D eigenvalue weighted by Gasteiger charge is -2.10. The van der Waals surface area contributed by atoms with E-state index >= 15 is 0 Å². The fraction of sp³-hybridized carbons (Fsp3) is 0.385. The summed E-state index contributed by atoms with van der Waals surface area (Å²) in [6.45, 7) is 0.0106. The first-order valence-corrected chi connectivity index (χ1v) is 6.11. The molecule has 0 spiro atoms. The smallest absolute Gasteiger partial charge is 0.481 e. The predicted molar refractivity (Wildman–Crippen MR) is 64.2 cm³/mol. The highest BCUT2D eigenvalue weighted by molar-refractivity contribution is 5.89. The van der Waals surface area contributed by atoms with Gasteiger partial charge in [-0.1, -0.05) is 12.1 Å². The van der Waals surface area contributed by atoms with Crippen LogP contribution in [0.15, 0.2) is 24.3 Å². The van der Waals surface area contributed by atoms with E-state index in [0.29, 0.717) is 12.0 Å². The van der Waals surface area contributed by atoms with Crippen molar-refractivity contribution in [1.29, 1.82) is 0 Å². The first-order chi connectivity index (χ1) is 9.76. The van der Waals surface area contributed by atoms with Gasteiger partial charge in [-0.15, -0.1) is 13.2 Å². The molecule has 0 saturated heterocycles. The summed E-state index contributed by atoms with van der Waals surface area (Å²) in [6.07, 6.45) is -4.48. The molecular weight excluding hydrogens is 291 g/mol. The molecule has 1 aromatic rings. The van der Waals surface area contributed by atoms with E-state index in [2.05, 4.69) is 10.1 Å². The first kappa shape index (κ1) is 15.1. The Bertz CT molecular complexity index is 559. The van der Waals surface area contributed by atoms with Crippen LogP contribution in [0.5, 0.6) is 5.75 Å². The Morgan fingerprint density at radius 1 is 1.33 bits per heavy atom. The highest BCUT2D eigenvalue weighted by Gasteiger charge is 2.48. The van der Waals surface area contributed by atoms with Gasteiger partial charge >= 0.3 is 12.3 Å². The second-order valence-corrected chi connectivity index (χ2v) is 4.70. The van der Waals surface area contributed by atoms with E-state index in [9.17, 15) is 22.8 Å². The molecule has 0 heterocycles. The number of halogens is 3. The molecule has 114 valence electrons. The van der Waals surface area contributed by atoms with E-state index < -0.39 is 30.1 Å². The number of carbonyl (C=O) groups is 2. The molecule has 1 aliphatic rings. The number of carbonyl (C=O) groups excluding carboxylic acids is 1. The Morgan fingerprint density at radius 3 is 2.62 bits per heavy atom. The lowest BCUT2D eigenvalue weighted by Crippen LogP contribution is -2.26. The summed E-state index contributed by atoms with van der Waals surface area (Å²) in [5.74, 6) is -3.02. The number of amides is 1. The molecule has 1 aromatic carbocycles. The fourth-order valence-corrected chi connectivity index (χ4v) is 1.93. The lowest BCUT2D eigenvalue weighted by atomic mass is 10.2. The van der Waals surface area contributed by atoms with Crippen molar-refractivity contribution >= 4 is 11.9 Å². The quantitative estimate of drug-likeness (QED) is 0.871. The fourth-order valence-electron chi connectivity index (χ4n) is 1.93. The molecule has 1 saturated carbocycles. The number of ether oxygens (including phenoxy) is 1. The zero-order valence-electron chi connectivity index (χ0n) is 10.7. The SMILES string of the molecule is O=C(O)[C@@H]1C[C@H]1C(=O)NCc1cccc(OC(F)(F)F)c1. The number of rotatable bonds is 5. The third-order valence-corrected chi connectivity index (χ3v) is 3.04. The van der Waals surface area contributed by atoms with Crippen LogP contribution in [0, 0.1) is 11.8 Å². The standard InChI is InChI=1S/C13H12F3NO4/c14-13(15,16)21-8-3-1-2-7(4-8)6-17-11(18)9-5-10(9)12(19)20/h1-4,9-10H,5-6H2,(H,17,18)(H,19,20)/t9-,10-/m1/s1. The highest BCUT2D eigenvalue weighted by Crippen LogP contribution is 2.38. The van der Waals surface area contributed by atoms with Crippen molar-refractivity contribution in [2.45, 2.75) is 19.3 Å². The maximum atomic E-state index is 12.1. The minimum absolute atomic E-state index is 0.0106. The molecule has 1 fully saturated rings. The molecule has 5 nitrogen and oxygen atoms in total. The Balaban J connectivity index is 1.88. The van der Waals surface area contributed by atoms with E-state index in [4.69, 9.17) is 5.11 Å². The normalized spacial score (nSPS) is 20.7. The van der Waals surface area contributed by atoms with E-state index in [1.807, 2.05) is 0 Å². The van der Waals surface area contributed by atoms with Crippen molar-refractivity contribution in [2.24, 2.45) is 11.8 Å². The lowest BCUT2D eigenvalue weighted by molar-refractivity contribution is -0.274. The van der Waals surface area contributed by atoms with Gasteiger partial charge in [-0.3, -0.25) is 9.59 Å². The van der Waals surface area contributed by atoms with Gasteiger partial charge in [0.05, 0.1) is 11.8 Å². The summed E-state index contributed by atoms with van der Waals surface area (Å²) in [6, 6.07) is 5.22. The summed E-state index contributed by atoms with van der Waals surface area (Å²) in [5, 5.41) is 11.2. The molecule has 1 aliphatic carbocycles. The van der Waals surface area contributed by atoms with Gasteiger partial charge in [-0.25, -0.2) is 0 Å². The van der Waals surface area contributed by atoms with Gasteiger partial charge in [-0.2, -0.15) is 0 Å². The van der Waals surface area contributed by atoms with Gasteiger partial charge in [0.15, 0.2) is 0 Å². The van der Waals surface area contributed by atoms with E-state index in [0.717, 1.165) is 12.1 Å². The third kappa shape index (κ3) is 4.37. The summed E-state index contributed by atoms with van der Waals surface area (Å²) >= 11 is 0. The molecule has 0 bridgehead atoms. The molecule has 2 rings (SSSR count). The Morgan fingerprint density at radius 2 is 2.05 bits per heavy atom. The zero-order valence-corrected chi connectivity index (χ0v) is 10.7. The summed E-state index contributed by atoms with van der Waals surface area (Å²) in [5.41, 5.74) is 0.428. The van der Waals surface area contributed by atoms with Crippen LogP contribution >= 0.6 is 0 Å². The number of alkyl halides is 3. The van der Waals surface area contributed by atoms with Crippen LogP contribution in [0.2, 0.25) is 0 Å². The summed E-state index contributed by atoms with van der Waals surface area (Å²) < 4.78 is 40.0. The number of benzene rings is 1. The molecule has 2 N–H and O–H groups in total. The van der Waals surface area contributed by atoms with Crippen LogP contribution in [0.25, 0.3) is 0 Å². The molecule has 0 radical (unpaired) electrons. The Labute approximate surface area is 117 Å². The average molecular weight is 303 g/mol. The monoisotopic (exact) mass is 303 g/mol. The number of hydrogen-bond acceptors (Lipinski definition) is 3. The number of carboxylic acid groups (broad SMARTS) is 1. The maximum absolute atomic E-state index is 12.1. The van der Waals surface area contributed by atoms with Gasteiger partial charge < -0.3 is 15.2 Å². The molecule has 0 unspecified atom stereocenters. The Hall–Kier alpha value is -2.25. The molecule has 0 aliphatic heterocycles. The minimum atomic E-state index is -4.77. The molecule has 2 atom stereocenters. The molecule has 8 heteroatoms. The topological polar surface area (TPSA) is 75.6 Å². The van der Waals surface area contributed by atoms with Gasteiger partial charge in [-0.05, 0) is 24.1 Å². The molecule has 0 aromatic heterocycles. The minimum Gasteiger partial charge on any atom is -0.481 e. The summed E-state index contributed by atoms with van der Waals surface area (Å²) in [4.78, 5) is 22.2. The van der Waals surface area contributed by atoms with Crippen molar-refractivity contribution in [2.75, 3.05) is 0 Å². The van der Waals surface area contributed by atoms with Crippen molar-refractivity contribution < 1.29 is 32.6 Å². The molecule has 1 amide bonds. The molecule has 21 heavy (non-hydrogen) atoms. The van der Waals surface area contributed by atoms with E-state index in [-0.39, 0.29) is 12.3 Å². The highest BCUT2D eigenvalue weighted by atomic mass is 19.4. The average Bonchev–Trinajstić information content (AvgIpc) is 3.14. The van der Waals surface area contributed by atoms with Crippen LogP contribution < -0.4 is 10.1 Å². The number of nitrogens with one attached hydrogen (secondary N) is 1. The van der Waals surface area contributed by atoms with Crippen molar-refractivity contribution in [1.82, 2.24) is 5.32 Å². The van der Waals surface area contributed by atoms with Crippen LogP contribution in [-0.4, -0.2) is 23.3 Å². The van der Waals surface area contributed by atoms with E-state index in [1.165, 1.54) is 12.1 Å². The van der Waals surface area contributed by atoms with Gasteiger partial charge in [0.25, 0.3) is 0 Å². The van der Waals surface area contributed by atoms with Crippen LogP contribution in [0.1, 0.15) is 12.0 Å². The largest absolute Gasteiger partial charge is 0.573 e. The van der Waals surface area contributed by atoms with Gasteiger partial charge in [0.2, 0.25) is 5.91 Å². The Kier molecular flexibility index (Phi) is 4.06.